The van der Waals surface area contributed by atoms with E-state index in [4.69, 9.17) is 0 Å². The van der Waals surface area contributed by atoms with Gasteiger partial charge in [-0.25, -0.2) is 0 Å². The molecular weight excluding hydrogens is 1100 g/mol. The predicted octanol–water partition coefficient (Wildman–Crippen LogP) is 19.2. The number of hydrogen-bond donors (Lipinski definition) is 12. The number of fused-ring (bicyclic) bond motifs is 8. The molecule has 0 aromatic heterocycles. The van der Waals surface area contributed by atoms with Crippen LogP contribution in [0, 0.1) is 0 Å². The maximum absolute atomic E-state index is 13.2. The summed E-state index contributed by atoms with van der Waals surface area (Å²) in [7, 11) is 0. The first kappa shape index (κ1) is 73.9. The fourth-order valence-electron chi connectivity index (χ4n) is 13.7. The number of benzene rings is 4. The zero-order chi connectivity index (χ0) is 63.8. The maximum atomic E-state index is 13.2. The van der Waals surface area contributed by atoms with Crippen molar-refractivity contribution in [3.63, 3.8) is 0 Å². The van der Waals surface area contributed by atoms with Crippen molar-refractivity contribution in [2.75, 3.05) is 26.2 Å². The molecular formula is C76H124N4O8. The lowest BCUT2D eigenvalue weighted by atomic mass is 9.74. The van der Waals surface area contributed by atoms with Crippen molar-refractivity contribution in [1.82, 2.24) is 21.3 Å². The van der Waals surface area contributed by atoms with E-state index >= 15 is 0 Å². The Bertz CT molecular complexity index is 2180. The molecule has 88 heavy (non-hydrogen) atoms. The van der Waals surface area contributed by atoms with E-state index < -0.39 is 23.7 Å². The molecule has 1 aliphatic rings. The molecule has 4 aromatic rings. The van der Waals surface area contributed by atoms with Crippen LogP contribution in [0.15, 0.2) is 24.3 Å². The van der Waals surface area contributed by atoms with Crippen LogP contribution >= 0.6 is 0 Å². The summed E-state index contributed by atoms with van der Waals surface area (Å²) < 4.78 is 0. The zero-order valence-electron chi connectivity index (χ0n) is 56.5. The van der Waals surface area contributed by atoms with Crippen molar-refractivity contribution >= 4 is 0 Å². The first-order valence-corrected chi connectivity index (χ1v) is 35.9. The van der Waals surface area contributed by atoms with E-state index in [1.54, 1.807) is 0 Å². The molecule has 12 N–H and O–H groups in total. The van der Waals surface area contributed by atoms with Crippen LogP contribution in [0.25, 0.3) is 0 Å². The summed E-state index contributed by atoms with van der Waals surface area (Å²) in [6.45, 7) is 20.9. The second-order valence-corrected chi connectivity index (χ2v) is 26.1. The Morgan fingerprint density at radius 2 is 0.386 bits per heavy atom. The number of phenolic OH excluding ortho intramolecular Hbond substituents is 8. The smallest absolute Gasteiger partial charge is 0.127 e. The van der Waals surface area contributed by atoms with E-state index in [0.717, 1.165) is 180 Å². The van der Waals surface area contributed by atoms with Gasteiger partial charge >= 0.3 is 0 Å². The first-order valence-electron chi connectivity index (χ1n) is 35.9. The van der Waals surface area contributed by atoms with Crippen LogP contribution in [0.3, 0.4) is 0 Å². The standard InChI is InChI=1S/C76H124N4O8/c1-9-17-25-33-41-77-49-65-69(81)57-45-58(70(65)82)54(38-30-22-14-6)60-47-62(74(86)67(72(60)84)51-79-43-35-27-19-11-3)56(40-32-24-16-8)64-48-63(75(87)68(76(64)88)52-80-44-36-28-20-12-4)55(39-31-23-15-7)61-46-59(53(57)37-29-21-13-5)71(83)66(73(61)85)50-78-42-34-26-18-10-2/h45-48,53-56,77-88H,9-44,49-52H2,1-8H3. The fraction of sp³-hybridized carbons (Fsp3) is 0.684. The zero-order valence-corrected chi connectivity index (χ0v) is 56.5. The first-order chi connectivity index (χ1) is 42.8. The van der Waals surface area contributed by atoms with Gasteiger partial charge in [-0.05, 0) is 102 Å². The third-order valence-electron chi connectivity index (χ3n) is 19.1. The van der Waals surface area contributed by atoms with Gasteiger partial charge in [0.25, 0.3) is 0 Å². The SMILES string of the molecule is CCCCCCNCc1c(O)c2cc(c1O)C(CCCCC)c1cc(c(O)c(CNCCCCCC)c1O)C(CCCCC)c1cc(c(O)c(CNCCCCCC)c1O)C(CCCCC)c1cc(c(O)c(CNCCCCCC)c1O)C2CCCCC. The van der Waals surface area contributed by atoms with Gasteiger partial charge in [0.05, 0.1) is 22.3 Å². The summed E-state index contributed by atoms with van der Waals surface area (Å²) in [6, 6.07) is 7.79. The molecule has 4 aromatic carbocycles. The van der Waals surface area contributed by atoms with Crippen molar-refractivity contribution in [3.8, 4) is 46.0 Å². The van der Waals surface area contributed by atoms with Gasteiger partial charge in [-0.1, -0.05) is 209 Å². The molecule has 0 amide bonds. The highest BCUT2D eigenvalue weighted by Crippen LogP contribution is 2.56. The normalized spacial score (nSPS) is 15.8. The lowest BCUT2D eigenvalue weighted by Crippen LogP contribution is -2.19. The van der Waals surface area contributed by atoms with Gasteiger partial charge in [0.2, 0.25) is 0 Å². The quantitative estimate of drug-likeness (QED) is 0.0187. The van der Waals surface area contributed by atoms with Crippen LogP contribution in [0.2, 0.25) is 0 Å². The van der Waals surface area contributed by atoms with Gasteiger partial charge in [0.1, 0.15) is 46.0 Å². The van der Waals surface area contributed by atoms with Gasteiger partial charge < -0.3 is 62.1 Å². The van der Waals surface area contributed by atoms with Crippen LogP contribution in [-0.2, 0) is 26.2 Å². The van der Waals surface area contributed by atoms with E-state index in [1.165, 1.54) is 0 Å². The summed E-state index contributed by atoms with van der Waals surface area (Å²) >= 11 is 0. The van der Waals surface area contributed by atoms with Crippen LogP contribution in [-0.4, -0.2) is 67.0 Å². The molecule has 0 heterocycles. The fourth-order valence-corrected chi connectivity index (χ4v) is 13.7. The lowest BCUT2D eigenvalue weighted by molar-refractivity contribution is 0.403. The second-order valence-electron chi connectivity index (χ2n) is 26.1. The maximum Gasteiger partial charge on any atom is 0.127 e. The lowest BCUT2D eigenvalue weighted by Gasteiger charge is -2.32. The highest BCUT2D eigenvalue weighted by molar-refractivity contribution is 5.68. The average molecular weight is 1220 g/mol. The van der Waals surface area contributed by atoms with Crippen LogP contribution in [0.4, 0.5) is 0 Å². The third-order valence-corrected chi connectivity index (χ3v) is 19.1. The molecule has 0 aliphatic heterocycles. The van der Waals surface area contributed by atoms with Gasteiger partial charge in [0.15, 0.2) is 0 Å². The predicted molar refractivity (Wildman–Crippen MR) is 366 cm³/mol. The van der Waals surface area contributed by atoms with Crippen molar-refractivity contribution in [2.45, 2.75) is 311 Å². The molecule has 0 spiro atoms. The van der Waals surface area contributed by atoms with E-state index in [0.29, 0.717) is 119 Å². The highest BCUT2D eigenvalue weighted by atomic mass is 16.3. The number of nitrogens with one attached hydrogen (secondary N) is 4. The van der Waals surface area contributed by atoms with Crippen LogP contribution < -0.4 is 21.3 Å². The molecule has 0 saturated carbocycles. The summed E-state index contributed by atoms with van der Waals surface area (Å²) in [5, 5.41) is 120. The number of rotatable bonds is 44. The Hall–Kier alpha value is -4.88. The molecule has 0 saturated heterocycles. The number of aromatic hydroxyl groups is 8. The van der Waals surface area contributed by atoms with E-state index in [9.17, 15) is 40.9 Å². The monoisotopic (exact) mass is 1220 g/mol. The van der Waals surface area contributed by atoms with Gasteiger partial charge in [-0.3, -0.25) is 0 Å². The number of unbranched alkanes of at least 4 members (excludes halogenated alkanes) is 20. The molecule has 0 unspecified atom stereocenters. The largest absolute Gasteiger partial charge is 0.507 e. The van der Waals surface area contributed by atoms with E-state index in [1.807, 2.05) is 24.3 Å². The molecule has 12 heteroatoms. The molecule has 12 nitrogen and oxygen atoms in total. The summed E-state index contributed by atoms with van der Waals surface area (Å²) in [6.07, 6.45) is 29.3. The van der Waals surface area contributed by atoms with E-state index in [-0.39, 0.29) is 72.2 Å². The molecule has 1 aliphatic carbocycles. The Balaban J connectivity index is 2.08. The average Bonchev–Trinajstić information content (AvgIpc) is 0.850. The van der Waals surface area contributed by atoms with Gasteiger partial charge in [-0.2, -0.15) is 0 Å². The molecule has 5 rings (SSSR count). The summed E-state index contributed by atoms with van der Waals surface area (Å²) in [5.41, 5.74) is 5.87. The number of hydrogen-bond acceptors (Lipinski definition) is 12. The molecule has 8 bridgehead atoms. The molecule has 496 valence electrons. The third kappa shape index (κ3) is 20.6. The molecule has 0 fully saturated rings. The van der Waals surface area contributed by atoms with Crippen molar-refractivity contribution < 1.29 is 40.9 Å². The Morgan fingerprint density at radius 3 is 0.545 bits per heavy atom. The van der Waals surface area contributed by atoms with E-state index in [2.05, 4.69) is 76.7 Å². The molecule has 0 atom stereocenters. The van der Waals surface area contributed by atoms with Crippen LogP contribution in [0.1, 0.15) is 351 Å². The summed E-state index contributed by atoms with van der Waals surface area (Å²) in [4.78, 5) is 0. The minimum Gasteiger partial charge on any atom is -0.507 e. The van der Waals surface area contributed by atoms with Gasteiger partial charge in [-0.15, -0.1) is 0 Å². The van der Waals surface area contributed by atoms with Crippen molar-refractivity contribution in [3.05, 3.63) is 91.0 Å². The minimum absolute atomic E-state index is 0.0476. The minimum atomic E-state index is -0.631. The molecule has 0 radical (unpaired) electrons. The Labute approximate surface area is 533 Å². The van der Waals surface area contributed by atoms with Crippen molar-refractivity contribution in [2.24, 2.45) is 0 Å². The van der Waals surface area contributed by atoms with Crippen molar-refractivity contribution in [1.29, 1.82) is 0 Å². The Morgan fingerprint density at radius 1 is 0.227 bits per heavy atom. The summed E-state index contributed by atoms with van der Waals surface area (Å²) in [5.74, 6) is -2.91. The number of phenols is 8. The highest BCUT2D eigenvalue weighted by Gasteiger charge is 2.37. The van der Waals surface area contributed by atoms with Gasteiger partial charge in [0, 0.05) is 94.4 Å². The topological polar surface area (TPSA) is 210 Å². The van der Waals surface area contributed by atoms with Crippen LogP contribution in [0.5, 0.6) is 46.0 Å². The second kappa shape index (κ2) is 40.8. The Kier molecular flexibility index (Phi) is 34.2.